The largest absolute Gasteiger partial charge is 0.452 e. The van der Waals surface area contributed by atoms with Gasteiger partial charge in [0.1, 0.15) is 0 Å². The molecule has 0 bridgehead atoms. The number of ether oxygens (including phenoxy) is 5. The predicted octanol–water partition coefficient (Wildman–Crippen LogP) is -0.937. The first-order valence-electron chi connectivity index (χ1n) is 6.17. The van der Waals surface area contributed by atoms with Gasteiger partial charge in [0.2, 0.25) is 18.5 Å². The first-order chi connectivity index (χ1) is 9.79. The summed E-state index contributed by atoms with van der Waals surface area (Å²) in [5.74, 6) is -2.82. The Bertz CT molecular complexity index is 485. The predicted molar refractivity (Wildman–Crippen MR) is 61.4 cm³/mol. The maximum Gasteiger partial charge on any atom is 0.350 e. The van der Waals surface area contributed by atoms with Crippen molar-refractivity contribution >= 4 is 23.9 Å². The summed E-state index contributed by atoms with van der Waals surface area (Å²) < 4.78 is 25.1. The van der Waals surface area contributed by atoms with E-state index in [9.17, 15) is 19.2 Å². The van der Waals surface area contributed by atoms with Gasteiger partial charge in [0.05, 0.1) is 0 Å². The van der Waals surface area contributed by atoms with E-state index in [-0.39, 0.29) is 0 Å². The molecule has 0 amide bonds. The first kappa shape index (κ1) is 15.2. The van der Waals surface area contributed by atoms with Gasteiger partial charge in [-0.2, -0.15) is 0 Å². The molecule has 2 unspecified atom stereocenters. The van der Waals surface area contributed by atoms with Crippen LogP contribution in [-0.4, -0.2) is 54.6 Å². The molecule has 9 nitrogen and oxygen atoms in total. The minimum atomic E-state index is -1.29. The van der Waals surface area contributed by atoms with Crippen LogP contribution in [0.5, 0.6) is 0 Å². The van der Waals surface area contributed by atoms with Crippen LogP contribution in [0, 0.1) is 0 Å². The van der Waals surface area contributed by atoms with E-state index in [1.54, 1.807) is 0 Å². The summed E-state index contributed by atoms with van der Waals surface area (Å²) in [5, 5.41) is 0. The van der Waals surface area contributed by atoms with Crippen molar-refractivity contribution in [3.05, 3.63) is 0 Å². The number of rotatable bonds is 3. The first-order valence-corrected chi connectivity index (χ1v) is 6.17. The third kappa shape index (κ3) is 3.13. The maximum absolute atomic E-state index is 11.7. The SMILES string of the molecule is CC(=O)O[C@@H]1OC2C(OC(=O)[C@H]2OC(C)=O)[C@H]1OC(C)=O. The molecule has 2 saturated heterocycles. The van der Waals surface area contributed by atoms with E-state index in [1.165, 1.54) is 0 Å². The molecule has 0 radical (unpaired) electrons. The van der Waals surface area contributed by atoms with E-state index in [4.69, 9.17) is 23.7 Å². The molecule has 0 saturated carbocycles. The van der Waals surface area contributed by atoms with Crippen LogP contribution in [0.15, 0.2) is 0 Å². The summed E-state index contributed by atoms with van der Waals surface area (Å²) in [6.07, 6.45) is -5.63. The summed E-state index contributed by atoms with van der Waals surface area (Å²) in [4.78, 5) is 44.8. The summed E-state index contributed by atoms with van der Waals surface area (Å²) in [5.41, 5.74) is 0. The van der Waals surface area contributed by atoms with Gasteiger partial charge < -0.3 is 23.7 Å². The highest BCUT2D eigenvalue weighted by Crippen LogP contribution is 2.35. The molecule has 2 heterocycles. The topological polar surface area (TPSA) is 114 Å². The highest BCUT2D eigenvalue weighted by atomic mass is 16.8. The van der Waals surface area contributed by atoms with Crippen molar-refractivity contribution in [3.63, 3.8) is 0 Å². The fourth-order valence-electron chi connectivity index (χ4n) is 2.23. The van der Waals surface area contributed by atoms with Gasteiger partial charge in [-0.1, -0.05) is 0 Å². The molecule has 0 spiro atoms. The Morgan fingerprint density at radius 2 is 1.48 bits per heavy atom. The van der Waals surface area contributed by atoms with Crippen LogP contribution in [0.3, 0.4) is 0 Å². The minimum Gasteiger partial charge on any atom is -0.452 e. The fourth-order valence-corrected chi connectivity index (χ4v) is 2.23. The third-order valence-corrected chi connectivity index (χ3v) is 2.87. The molecule has 0 aromatic rings. The molecule has 116 valence electrons. The van der Waals surface area contributed by atoms with Crippen LogP contribution >= 0.6 is 0 Å². The van der Waals surface area contributed by atoms with Gasteiger partial charge in [0.25, 0.3) is 0 Å². The van der Waals surface area contributed by atoms with Gasteiger partial charge >= 0.3 is 23.9 Å². The Balaban J connectivity index is 2.19. The summed E-state index contributed by atoms with van der Waals surface area (Å²) in [6.45, 7) is 3.43. The molecule has 2 fully saturated rings. The highest BCUT2D eigenvalue weighted by molar-refractivity contribution is 5.82. The van der Waals surface area contributed by atoms with E-state index < -0.39 is 54.6 Å². The number of esters is 4. The van der Waals surface area contributed by atoms with Gasteiger partial charge in [-0.25, -0.2) is 4.79 Å². The summed E-state index contributed by atoms with van der Waals surface area (Å²) in [6, 6.07) is 0. The van der Waals surface area contributed by atoms with Gasteiger partial charge in [0, 0.05) is 20.8 Å². The van der Waals surface area contributed by atoms with E-state index >= 15 is 0 Å². The number of fused-ring (bicyclic) bond motifs is 1. The van der Waals surface area contributed by atoms with E-state index in [0.29, 0.717) is 0 Å². The Kier molecular flexibility index (Phi) is 4.12. The molecular weight excluding hydrogens is 288 g/mol. The average Bonchev–Trinajstić information content (AvgIpc) is 2.78. The molecule has 0 N–H and O–H groups in total. The summed E-state index contributed by atoms with van der Waals surface area (Å²) >= 11 is 0. The molecular formula is C12H14O9. The molecule has 2 rings (SSSR count). The molecule has 21 heavy (non-hydrogen) atoms. The second kappa shape index (κ2) is 5.68. The zero-order valence-corrected chi connectivity index (χ0v) is 11.6. The number of hydrogen-bond donors (Lipinski definition) is 0. The standard InChI is InChI=1S/C12H14O9/c1-4(13)17-9-7-8(20-11(9)16)10(18-5(2)14)12(21-7)19-6(3)15/h7-10,12H,1-3H3/t7?,8?,9-,10+,12+/m0/s1. The molecule has 0 aromatic heterocycles. The Morgan fingerprint density at radius 1 is 0.905 bits per heavy atom. The lowest BCUT2D eigenvalue weighted by molar-refractivity contribution is -0.205. The van der Waals surface area contributed by atoms with Crippen molar-refractivity contribution in [1.82, 2.24) is 0 Å². The molecule has 2 aliphatic rings. The number of carbonyl (C=O) groups excluding carboxylic acids is 4. The van der Waals surface area contributed by atoms with Crippen LogP contribution in [0.2, 0.25) is 0 Å². The van der Waals surface area contributed by atoms with Gasteiger partial charge in [-0.05, 0) is 0 Å². The lowest BCUT2D eigenvalue weighted by Gasteiger charge is -2.20. The van der Waals surface area contributed by atoms with Crippen molar-refractivity contribution in [3.8, 4) is 0 Å². The molecule has 2 aliphatic heterocycles. The fraction of sp³-hybridized carbons (Fsp3) is 0.667. The van der Waals surface area contributed by atoms with Crippen LogP contribution in [-0.2, 0) is 42.9 Å². The van der Waals surface area contributed by atoms with Crippen LogP contribution in [0.25, 0.3) is 0 Å². The Labute approximate surface area is 119 Å². The average molecular weight is 302 g/mol. The number of hydrogen-bond acceptors (Lipinski definition) is 9. The number of carbonyl (C=O) groups is 4. The smallest absolute Gasteiger partial charge is 0.350 e. The normalized spacial score (nSPS) is 33.9. The summed E-state index contributed by atoms with van der Waals surface area (Å²) in [7, 11) is 0. The van der Waals surface area contributed by atoms with Crippen molar-refractivity contribution in [2.24, 2.45) is 0 Å². The molecule has 9 heteroatoms. The highest BCUT2D eigenvalue weighted by Gasteiger charge is 2.61. The van der Waals surface area contributed by atoms with Crippen molar-refractivity contribution in [2.45, 2.75) is 51.5 Å². The monoisotopic (exact) mass is 302 g/mol. The lowest BCUT2D eigenvalue weighted by atomic mass is 10.1. The van der Waals surface area contributed by atoms with E-state index in [1.807, 2.05) is 0 Å². The minimum absolute atomic E-state index is 0.659. The maximum atomic E-state index is 11.7. The Morgan fingerprint density at radius 3 is 2.00 bits per heavy atom. The lowest BCUT2D eigenvalue weighted by Crippen LogP contribution is -2.38. The van der Waals surface area contributed by atoms with Crippen LogP contribution < -0.4 is 0 Å². The van der Waals surface area contributed by atoms with Crippen molar-refractivity contribution < 1.29 is 42.9 Å². The molecule has 0 aliphatic carbocycles. The van der Waals surface area contributed by atoms with Crippen molar-refractivity contribution in [2.75, 3.05) is 0 Å². The Hall–Kier alpha value is -2.16. The van der Waals surface area contributed by atoms with Gasteiger partial charge in [-0.3, -0.25) is 14.4 Å². The van der Waals surface area contributed by atoms with Crippen LogP contribution in [0.4, 0.5) is 0 Å². The van der Waals surface area contributed by atoms with E-state index in [0.717, 1.165) is 20.8 Å². The van der Waals surface area contributed by atoms with Gasteiger partial charge in [0.15, 0.2) is 12.2 Å². The quantitative estimate of drug-likeness (QED) is 0.481. The third-order valence-electron chi connectivity index (χ3n) is 2.87. The second-order valence-electron chi connectivity index (χ2n) is 4.58. The zero-order valence-electron chi connectivity index (χ0n) is 11.6. The molecule has 0 aromatic carbocycles. The van der Waals surface area contributed by atoms with Crippen LogP contribution in [0.1, 0.15) is 20.8 Å². The van der Waals surface area contributed by atoms with Gasteiger partial charge in [-0.15, -0.1) is 0 Å². The molecule has 5 atom stereocenters. The van der Waals surface area contributed by atoms with E-state index in [2.05, 4.69) is 0 Å². The second-order valence-corrected chi connectivity index (χ2v) is 4.58. The zero-order chi connectivity index (χ0) is 15.7. The van der Waals surface area contributed by atoms with Crippen molar-refractivity contribution in [1.29, 1.82) is 0 Å².